The van der Waals surface area contributed by atoms with E-state index >= 15 is 0 Å². The second kappa shape index (κ2) is 9.51. The van der Waals surface area contributed by atoms with Gasteiger partial charge in [0.25, 0.3) is 5.91 Å². The molecule has 32 heavy (non-hydrogen) atoms. The molecule has 3 heterocycles. The maximum atomic E-state index is 12.9. The summed E-state index contributed by atoms with van der Waals surface area (Å²) < 4.78 is 11.5. The second-order valence-electron chi connectivity index (χ2n) is 7.51. The number of nitrogens with zero attached hydrogens (tertiary/aromatic N) is 3. The highest BCUT2D eigenvalue weighted by molar-refractivity contribution is 5.96. The van der Waals surface area contributed by atoms with Crippen LogP contribution in [0.2, 0.25) is 0 Å². The Bertz CT molecular complexity index is 1110. The van der Waals surface area contributed by atoms with Gasteiger partial charge in [-0.15, -0.1) is 0 Å². The first-order valence-electron chi connectivity index (χ1n) is 10.5. The van der Waals surface area contributed by atoms with E-state index in [-0.39, 0.29) is 30.0 Å². The van der Waals surface area contributed by atoms with Gasteiger partial charge in [0.2, 0.25) is 5.91 Å². The van der Waals surface area contributed by atoms with Crippen molar-refractivity contribution in [3.63, 3.8) is 0 Å². The van der Waals surface area contributed by atoms with Gasteiger partial charge in [0.1, 0.15) is 6.26 Å². The molecule has 0 bridgehead atoms. The molecular formula is C23H24N4O5. The first kappa shape index (κ1) is 21.4. The first-order valence-corrected chi connectivity index (χ1v) is 10.5. The number of esters is 1. The lowest BCUT2D eigenvalue weighted by atomic mass is 9.96. The molecule has 0 saturated carbocycles. The van der Waals surface area contributed by atoms with Gasteiger partial charge in [-0.1, -0.05) is 6.07 Å². The van der Waals surface area contributed by atoms with Crippen molar-refractivity contribution >= 4 is 23.5 Å². The number of carbonyl (C=O) groups excluding carboxylic acids is 3. The molecule has 1 atom stereocenters. The average Bonchev–Trinajstić information content (AvgIpc) is 3.52. The van der Waals surface area contributed by atoms with Crippen molar-refractivity contribution in [2.24, 2.45) is 5.92 Å². The molecule has 0 radical (unpaired) electrons. The van der Waals surface area contributed by atoms with Crippen LogP contribution in [0.25, 0.3) is 5.69 Å². The van der Waals surface area contributed by atoms with Crippen LogP contribution in [0.3, 0.4) is 0 Å². The Balaban J connectivity index is 1.41. The summed E-state index contributed by atoms with van der Waals surface area (Å²) in [6.07, 6.45) is 6.01. The third-order valence-corrected chi connectivity index (χ3v) is 5.30. The lowest BCUT2D eigenvalue weighted by Gasteiger charge is -2.31. The van der Waals surface area contributed by atoms with Crippen LogP contribution in [0, 0.1) is 5.92 Å². The predicted octanol–water partition coefficient (Wildman–Crippen LogP) is 3.13. The molecule has 0 spiro atoms. The summed E-state index contributed by atoms with van der Waals surface area (Å²) in [7, 11) is 0. The van der Waals surface area contributed by atoms with Crippen molar-refractivity contribution in [2.75, 3.05) is 25.0 Å². The van der Waals surface area contributed by atoms with E-state index in [1.54, 1.807) is 53.0 Å². The molecule has 1 N–H and O–H groups in total. The van der Waals surface area contributed by atoms with Crippen LogP contribution < -0.4 is 5.32 Å². The number of piperidine rings is 1. The van der Waals surface area contributed by atoms with E-state index in [1.165, 1.54) is 12.5 Å². The van der Waals surface area contributed by atoms with Crippen LogP contribution in [0.4, 0.5) is 5.69 Å². The van der Waals surface area contributed by atoms with Crippen molar-refractivity contribution in [2.45, 2.75) is 19.8 Å². The number of anilines is 1. The zero-order valence-corrected chi connectivity index (χ0v) is 17.7. The molecule has 1 unspecified atom stereocenters. The number of furan rings is 1. The maximum absolute atomic E-state index is 12.9. The molecule has 3 aromatic rings. The summed E-state index contributed by atoms with van der Waals surface area (Å²) >= 11 is 0. The molecule has 9 nitrogen and oxygen atoms in total. The standard InChI is InChI=1S/C23H24N4O5/c1-2-32-23(30)20-8-11-27(25-20)19-7-3-6-18(13-19)24-21(28)16-5-4-10-26(14-16)22(29)17-9-12-31-15-17/h3,6-9,11-13,15-16H,2,4-5,10,14H2,1H3,(H,24,28). The lowest BCUT2D eigenvalue weighted by Crippen LogP contribution is -2.43. The predicted molar refractivity (Wildman–Crippen MR) is 115 cm³/mol. The van der Waals surface area contributed by atoms with Crippen molar-refractivity contribution in [3.05, 3.63) is 66.4 Å². The Kier molecular flexibility index (Phi) is 6.34. The number of hydrogen-bond donors (Lipinski definition) is 1. The maximum Gasteiger partial charge on any atom is 0.358 e. The minimum Gasteiger partial charge on any atom is -0.472 e. The number of nitrogens with one attached hydrogen (secondary N) is 1. The minimum absolute atomic E-state index is 0.130. The summed E-state index contributed by atoms with van der Waals surface area (Å²) in [6, 6.07) is 10.4. The molecule has 1 fully saturated rings. The SMILES string of the molecule is CCOC(=O)c1ccn(-c2cccc(NC(=O)C3CCCN(C(=O)c4ccoc4)C3)c2)n1. The van der Waals surface area contributed by atoms with Gasteiger partial charge >= 0.3 is 5.97 Å². The number of rotatable bonds is 6. The first-order chi connectivity index (χ1) is 15.5. The Hall–Kier alpha value is -3.88. The zero-order chi connectivity index (χ0) is 22.5. The van der Waals surface area contributed by atoms with Gasteiger partial charge in [-0.05, 0) is 50.1 Å². The summed E-state index contributed by atoms with van der Waals surface area (Å²) in [5, 5.41) is 7.18. The van der Waals surface area contributed by atoms with Gasteiger partial charge in [0.15, 0.2) is 5.69 Å². The molecule has 1 aromatic carbocycles. The third-order valence-electron chi connectivity index (χ3n) is 5.30. The van der Waals surface area contributed by atoms with Crippen LogP contribution in [-0.4, -0.2) is 52.2 Å². The molecule has 2 aromatic heterocycles. The molecule has 2 amide bonds. The minimum atomic E-state index is -0.484. The number of hydrogen-bond acceptors (Lipinski definition) is 6. The Morgan fingerprint density at radius 1 is 1.25 bits per heavy atom. The average molecular weight is 436 g/mol. The van der Waals surface area contributed by atoms with Gasteiger partial charge in [-0.2, -0.15) is 5.10 Å². The van der Waals surface area contributed by atoms with Crippen LogP contribution in [0.1, 0.15) is 40.6 Å². The van der Waals surface area contributed by atoms with Crippen molar-refractivity contribution in [3.8, 4) is 5.69 Å². The van der Waals surface area contributed by atoms with Gasteiger partial charge in [-0.3, -0.25) is 9.59 Å². The van der Waals surface area contributed by atoms with E-state index in [1.807, 2.05) is 6.07 Å². The number of likely N-dealkylation sites (tertiary alicyclic amines) is 1. The molecule has 1 saturated heterocycles. The number of ether oxygens (including phenoxy) is 1. The number of amides is 2. The number of carbonyl (C=O) groups is 3. The van der Waals surface area contributed by atoms with Crippen molar-refractivity contribution in [1.29, 1.82) is 0 Å². The third kappa shape index (κ3) is 4.72. The fourth-order valence-corrected chi connectivity index (χ4v) is 3.70. The van der Waals surface area contributed by atoms with Crippen LogP contribution in [-0.2, 0) is 9.53 Å². The van der Waals surface area contributed by atoms with E-state index in [0.29, 0.717) is 36.4 Å². The summed E-state index contributed by atoms with van der Waals surface area (Å²) in [5.41, 5.74) is 2.00. The van der Waals surface area contributed by atoms with E-state index in [0.717, 1.165) is 6.42 Å². The molecule has 1 aliphatic rings. The fraction of sp³-hybridized carbons (Fsp3) is 0.304. The highest BCUT2D eigenvalue weighted by atomic mass is 16.5. The zero-order valence-electron chi connectivity index (χ0n) is 17.7. The van der Waals surface area contributed by atoms with Crippen LogP contribution in [0.15, 0.2) is 59.5 Å². The van der Waals surface area contributed by atoms with Crippen LogP contribution >= 0.6 is 0 Å². The lowest BCUT2D eigenvalue weighted by molar-refractivity contribution is -0.121. The van der Waals surface area contributed by atoms with E-state index in [9.17, 15) is 14.4 Å². The summed E-state index contributed by atoms with van der Waals surface area (Å²) in [5.74, 6) is -1.06. The highest BCUT2D eigenvalue weighted by Gasteiger charge is 2.29. The Morgan fingerprint density at radius 3 is 2.91 bits per heavy atom. The second-order valence-corrected chi connectivity index (χ2v) is 7.51. The smallest absolute Gasteiger partial charge is 0.358 e. The van der Waals surface area contributed by atoms with Crippen molar-refractivity contribution < 1.29 is 23.5 Å². The molecule has 1 aliphatic heterocycles. The van der Waals surface area contributed by atoms with E-state index < -0.39 is 5.97 Å². The molecule has 9 heteroatoms. The Morgan fingerprint density at radius 2 is 2.12 bits per heavy atom. The van der Waals surface area contributed by atoms with E-state index in [4.69, 9.17) is 9.15 Å². The molecular weight excluding hydrogens is 412 g/mol. The molecule has 166 valence electrons. The van der Waals surface area contributed by atoms with Gasteiger partial charge in [0.05, 0.1) is 30.0 Å². The molecule has 4 rings (SSSR count). The summed E-state index contributed by atoms with van der Waals surface area (Å²) in [4.78, 5) is 39.0. The summed E-state index contributed by atoms with van der Waals surface area (Å²) in [6.45, 7) is 2.99. The number of aromatic nitrogens is 2. The van der Waals surface area contributed by atoms with Crippen LogP contribution in [0.5, 0.6) is 0 Å². The molecule has 0 aliphatic carbocycles. The fourth-order valence-electron chi connectivity index (χ4n) is 3.70. The van der Waals surface area contributed by atoms with Crippen molar-refractivity contribution in [1.82, 2.24) is 14.7 Å². The van der Waals surface area contributed by atoms with Gasteiger partial charge in [-0.25, -0.2) is 9.48 Å². The van der Waals surface area contributed by atoms with Gasteiger partial charge < -0.3 is 19.4 Å². The van der Waals surface area contributed by atoms with Gasteiger partial charge in [0, 0.05) is 25.0 Å². The highest BCUT2D eigenvalue weighted by Crippen LogP contribution is 2.22. The number of benzene rings is 1. The largest absolute Gasteiger partial charge is 0.472 e. The normalized spacial score (nSPS) is 15.9. The quantitative estimate of drug-likeness (QED) is 0.595. The van der Waals surface area contributed by atoms with E-state index in [2.05, 4.69) is 10.4 Å². The monoisotopic (exact) mass is 436 g/mol. The Labute approximate surface area is 184 Å². The topological polar surface area (TPSA) is 107 Å².